The van der Waals surface area contributed by atoms with E-state index in [1.807, 2.05) is 0 Å². The highest BCUT2D eigenvalue weighted by molar-refractivity contribution is 5.30. The molecular formula is C17H26. The fourth-order valence-corrected chi connectivity index (χ4v) is 2.45. The molecule has 94 valence electrons. The summed E-state index contributed by atoms with van der Waals surface area (Å²) in [7, 11) is 0. The van der Waals surface area contributed by atoms with Crippen LogP contribution in [0.3, 0.4) is 0 Å². The van der Waals surface area contributed by atoms with E-state index in [2.05, 4.69) is 78.0 Å². The highest BCUT2D eigenvalue weighted by atomic mass is 14.2. The molecule has 0 atom stereocenters. The van der Waals surface area contributed by atoms with Crippen LogP contribution >= 0.6 is 0 Å². The van der Waals surface area contributed by atoms with Crippen LogP contribution in [0.1, 0.15) is 53.5 Å². The topological polar surface area (TPSA) is 0 Å². The molecular weight excluding hydrogens is 204 g/mol. The zero-order valence-corrected chi connectivity index (χ0v) is 12.2. The summed E-state index contributed by atoms with van der Waals surface area (Å²) in [5, 5.41) is 0. The van der Waals surface area contributed by atoms with Crippen molar-refractivity contribution >= 4 is 0 Å². The first-order chi connectivity index (χ1) is 7.71. The molecule has 0 spiro atoms. The molecule has 0 nitrogen and oxygen atoms in total. The molecule has 0 unspecified atom stereocenters. The number of benzene rings is 1. The lowest BCUT2D eigenvalue weighted by atomic mass is 9.80. The van der Waals surface area contributed by atoms with Gasteiger partial charge in [-0.15, -0.1) is 0 Å². The zero-order chi connectivity index (χ0) is 13.1. The SMILES string of the molecule is C/C(=C\C(C)(C)c1ccccc1)CC(C)(C)C. The van der Waals surface area contributed by atoms with Crippen LogP contribution in [0.25, 0.3) is 0 Å². The summed E-state index contributed by atoms with van der Waals surface area (Å²) in [5.74, 6) is 0. The molecule has 0 aliphatic rings. The third-order valence-corrected chi connectivity index (χ3v) is 2.93. The molecule has 0 fully saturated rings. The summed E-state index contributed by atoms with van der Waals surface area (Å²) < 4.78 is 0. The van der Waals surface area contributed by atoms with Gasteiger partial charge in [0.05, 0.1) is 0 Å². The maximum Gasteiger partial charge on any atom is 0.00778 e. The highest BCUT2D eigenvalue weighted by Gasteiger charge is 2.19. The summed E-state index contributed by atoms with van der Waals surface area (Å²) >= 11 is 0. The van der Waals surface area contributed by atoms with E-state index in [1.165, 1.54) is 11.1 Å². The van der Waals surface area contributed by atoms with Gasteiger partial charge in [0.15, 0.2) is 0 Å². The third kappa shape index (κ3) is 4.77. The summed E-state index contributed by atoms with van der Waals surface area (Å²) in [6.45, 7) is 13.7. The van der Waals surface area contributed by atoms with Crippen LogP contribution < -0.4 is 0 Å². The number of hydrogen-bond donors (Lipinski definition) is 0. The molecule has 0 heterocycles. The molecule has 0 aliphatic heterocycles. The average molecular weight is 230 g/mol. The molecule has 0 saturated carbocycles. The second-order valence-corrected chi connectivity index (χ2v) is 6.82. The lowest BCUT2D eigenvalue weighted by Gasteiger charge is -2.25. The average Bonchev–Trinajstić information content (AvgIpc) is 2.15. The van der Waals surface area contributed by atoms with E-state index in [0.29, 0.717) is 5.41 Å². The van der Waals surface area contributed by atoms with Gasteiger partial charge in [-0.1, -0.05) is 76.6 Å². The molecule has 0 radical (unpaired) electrons. The monoisotopic (exact) mass is 230 g/mol. The van der Waals surface area contributed by atoms with Gasteiger partial charge in [-0.3, -0.25) is 0 Å². The predicted octanol–water partition coefficient (Wildman–Crippen LogP) is 5.35. The quantitative estimate of drug-likeness (QED) is 0.614. The summed E-state index contributed by atoms with van der Waals surface area (Å²) in [4.78, 5) is 0. The first kappa shape index (κ1) is 14.0. The molecule has 0 saturated heterocycles. The van der Waals surface area contributed by atoms with Crippen LogP contribution in [0.15, 0.2) is 42.0 Å². The summed E-state index contributed by atoms with van der Waals surface area (Å²) in [5.41, 5.74) is 3.35. The molecule has 0 bridgehead atoms. The van der Waals surface area contributed by atoms with E-state index in [4.69, 9.17) is 0 Å². The van der Waals surface area contributed by atoms with E-state index >= 15 is 0 Å². The fourth-order valence-electron chi connectivity index (χ4n) is 2.45. The largest absolute Gasteiger partial charge is 0.0759 e. The highest BCUT2D eigenvalue weighted by Crippen LogP contribution is 2.30. The van der Waals surface area contributed by atoms with Crippen LogP contribution in [0.4, 0.5) is 0 Å². The number of allylic oxidation sites excluding steroid dienone is 2. The molecule has 0 amide bonds. The van der Waals surface area contributed by atoms with E-state index in [9.17, 15) is 0 Å². The second kappa shape index (κ2) is 5.08. The van der Waals surface area contributed by atoms with E-state index in [-0.39, 0.29) is 5.41 Å². The Bertz CT molecular complexity index is 374. The molecule has 0 N–H and O–H groups in total. The minimum absolute atomic E-state index is 0.122. The van der Waals surface area contributed by atoms with E-state index in [0.717, 1.165) is 6.42 Å². The van der Waals surface area contributed by atoms with Gasteiger partial charge in [-0.05, 0) is 24.3 Å². The molecule has 1 aromatic carbocycles. The van der Waals surface area contributed by atoms with Crippen LogP contribution in [-0.2, 0) is 5.41 Å². The van der Waals surface area contributed by atoms with Crippen molar-refractivity contribution in [2.45, 2.75) is 53.4 Å². The van der Waals surface area contributed by atoms with Crippen molar-refractivity contribution in [3.63, 3.8) is 0 Å². The fraction of sp³-hybridized carbons (Fsp3) is 0.529. The van der Waals surface area contributed by atoms with Crippen molar-refractivity contribution in [1.29, 1.82) is 0 Å². The van der Waals surface area contributed by atoms with Crippen molar-refractivity contribution in [3.8, 4) is 0 Å². The van der Waals surface area contributed by atoms with Crippen molar-refractivity contribution in [2.24, 2.45) is 5.41 Å². The maximum absolute atomic E-state index is 2.41. The Labute approximate surface area is 107 Å². The van der Waals surface area contributed by atoms with Crippen molar-refractivity contribution in [2.75, 3.05) is 0 Å². The summed E-state index contributed by atoms with van der Waals surface area (Å²) in [6, 6.07) is 10.7. The Morgan fingerprint density at radius 2 is 1.53 bits per heavy atom. The predicted molar refractivity (Wildman–Crippen MR) is 77.3 cm³/mol. The lowest BCUT2D eigenvalue weighted by Crippen LogP contribution is -2.15. The zero-order valence-electron chi connectivity index (χ0n) is 12.2. The Morgan fingerprint density at radius 3 is 2.00 bits per heavy atom. The van der Waals surface area contributed by atoms with Gasteiger partial charge >= 0.3 is 0 Å². The van der Waals surface area contributed by atoms with Gasteiger partial charge in [0.25, 0.3) is 0 Å². The van der Waals surface area contributed by atoms with Gasteiger partial charge in [0, 0.05) is 5.41 Å². The van der Waals surface area contributed by atoms with Gasteiger partial charge < -0.3 is 0 Å². The van der Waals surface area contributed by atoms with E-state index in [1.54, 1.807) is 0 Å². The van der Waals surface area contributed by atoms with Crippen LogP contribution in [0.5, 0.6) is 0 Å². The van der Waals surface area contributed by atoms with Crippen LogP contribution in [0, 0.1) is 5.41 Å². The molecule has 17 heavy (non-hydrogen) atoms. The van der Waals surface area contributed by atoms with E-state index < -0.39 is 0 Å². The van der Waals surface area contributed by atoms with Crippen molar-refractivity contribution in [3.05, 3.63) is 47.5 Å². The minimum Gasteiger partial charge on any atom is -0.0759 e. The van der Waals surface area contributed by atoms with Gasteiger partial charge in [-0.25, -0.2) is 0 Å². The Balaban J connectivity index is 2.89. The Kier molecular flexibility index (Phi) is 4.19. The third-order valence-electron chi connectivity index (χ3n) is 2.93. The first-order valence-electron chi connectivity index (χ1n) is 6.45. The minimum atomic E-state index is 0.122. The van der Waals surface area contributed by atoms with Crippen LogP contribution in [0.2, 0.25) is 0 Å². The molecule has 0 heteroatoms. The smallest absolute Gasteiger partial charge is 0.00778 e. The van der Waals surface area contributed by atoms with Crippen LogP contribution in [-0.4, -0.2) is 0 Å². The van der Waals surface area contributed by atoms with Gasteiger partial charge in [0.1, 0.15) is 0 Å². The first-order valence-corrected chi connectivity index (χ1v) is 6.45. The molecule has 1 aromatic rings. The molecule has 0 aromatic heterocycles. The Morgan fingerprint density at radius 1 is 1.00 bits per heavy atom. The Hall–Kier alpha value is -1.04. The normalized spacial score (nSPS) is 13.9. The molecule has 1 rings (SSSR count). The van der Waals surface area contributed by atoms with Gasteiger partial charge in [-0.2, -0.15) is 0 Å². The number of hydrogen-bond acceptors (Lipinski definition) is 0. The van der Waals surface area contributed by atoms with Crippen molar-refractivity contribution in [1.82, 2.24) is 0 Å². The second-order valence-electron chi connectivity index (χ2n) is 6.82. The standard InChI is InChI=1S/C17H26/c1-14(12-16(2,3)4)13-17(5,6)15-10-8-7-9-11-15/h7-11,13H,12H2,1-6H3/b14-13+. The van der Waals surface area contributed by atoms with Gasteiger partial charge in [0.2, 0.25) is 0 Å². The molecule has 0 aliphatic carbocycles. The lowest BCUT2D eigenvalue weighted by molar-refractivity contribution is 0.407. The van der Waals surface area contributed by atoms with Crippen molar-refractivity contribution < 1.29 is 0 Å². The number of rotatable bonds is 3. The maximum atomic E-state index is 2.41. The summed E-state index contributed by atoms with van der Waals surface area (Å²) in [6.07, 6.45) is 3.57.